The first kappa shape index (κ1) is 25.0. The number of rotatable bonds is 6. The van der Waals surface area contributed by atoms with Gasteiger partial charge in [0, 0.05) is 17.8 Å². The maximum Gasteiger partial charge on any atom is 0.227 e. The third-order valence-electron chi connectivity index (χ3n) is 6.20. The molecule has 0 bridgehead atoms. The number of hydrazine groups is 1. The van der Waals surface area contributed by atoms with Gasteiger partial charge in [0.05, 0.1) is 12.8 Å². The molecule has 186 valence electrons. The molecule has 35 heavy (non-hydrogen) atoms. The molecule has 7 nitrogen and oxygen atoms in total. The number of carbonyl (C=O) groups is 1. The first-order valence-corrected chi connectivity index (χ1v) is 13.7. The number of sulfonamides is 1. The van der Waals surface area contributed by atoms with Gasteiger partial charge in [-0.1, -0.05) is 39.0 Å². The van der Waals surface area contributed by atoms with E-state index in [2.05, 4.69) is 49.1 Å². The van der Waals surface area contributed by atoms with Crippen molar-refractivity contribution in [1.29, 1.82) is 0 Å². The Morgan fingerprint density at radius 3 is 2.60 bits per heavy atom. The van der Waals surface area contributed by atoms with Crippen LogP contribution >= 0.6 is 0 Å². The fourth-order valence-electron chi connectivity index (χ4n) is 4.30. The third kappa shape index (κ3) is 6.74. The van der Waals surface area contributed by atoms with Crippen molar-refractivity contribution < 1.29 is 17.9 Å². The molecule has 0 saturated carbocycles. The predicted molar refractivity (Wildman–Crippen MR) is 138 cm³/mol. The van der Waals surface area contributed by atoms with Gasteiger partial charge in [-0.2, -0.15) is 0 Å². The van der Waals surface area contributed by atoms with Crippen molar-refractivity contribution >= 4 is 21.6 Å². The van der Waals surface area contributed by atoms with Crippen LogP contribution in [0.5, 0.6) is 5.75 Å². The molecule has 2 aromatic rings. The van der Waals surface area contributed by atoms with Crippen molar-refractivity contribution in [3.63, 3.8) is 0 Å². The lowest BCUT2D eigenvalue weighted by Gasteiger charge is -2.25. The Balaban J connectivity index is 1.39. The summed E-state index contributed by atoms with van der Waals surface area (Å²) >= 11 is 0. The Labute approximate surface area is 207 Å². The van der Waals surface area contributed by atoms with Gasteiger partial charge >= 0.3 is 0 Å². The number of allylic oxidation sites excluding steroid dienone is 1. The number of hydrogen-bond acceptors (Lipinski definition) is 5. The highest BCUT2D eigenvalue weighted by Crippen LogP contribution is 2.31. The standard InChI is InChI=1S/C27H33N3O4S/c1-27(2,3)22-6-5-7-23(18-22)28-26(31)20-9-8-19-10-11-25(17-21(19)16-20)34-24-12-14-30(15-13-24)29-35(4,32)33/h5-7,10-14,17-18,20,29H,8-9,15-16H2,1-4H3,(H,28,31). The van der Waals surface area contributed by atoms with Crippen molar-refractivity contribution in [2.75, 3.05) is 18.1 Å². The van der Waals surface area contributed by atoms with Crippen LogP contribution in [0, 0.1) is 5.92 Å². The quantitative estimate of drug-likeness (QED) is 0.625. The van der Waals surface area contributed by atoms with Crippen molar-refractivity contribution in [2.24, 2.45) is 5.92 Å². The molecule has 2 N–H and O–H groups in total. The molecule has 0 radical (unpaired) electrons. The van der Waals surface area contributed by atoms with E-state index in [4.69, 9.17) is 4.74 Å². The van der Waals surface area contributed by atoms with E-state index in [0.717, 1.165) is 30.3 Å². The zero-order valence-electron chi connectivity index (χ0n) is 20.7. The second kappa shape index (κ2) is 9.87. The molecule has 0 aromatic heterocycles. The summed E-state index contributed by atoms with van der Waals surface area (Å²) in [6.07, 6.45) is 8.59. The van der Waals surface area contributed by atoms with Gasteiger partial charge in [0.25, 0.3) is 0 Å². The molecule has 2 aromatic carbocycles. The van der Waals surface area contributed by atoms with Crippen molar-refractivity contribution in [1.82, 2.24) is 9.84 Å². The first-order chi connectivity index (χ1) is 16.5. The summed E-state index contributed by atoms with van der Waals surface area (Å²) in [7, 11) is -3.33. The van der Waals surface area contributed by atoms with E-state index in [1.54, 1.807) is 18.4 Å². The maximum absolute atomic E-state index is 13.1. The van der Waals surface area contributed by atoms with Gasteiger partial charge in [-0.25, -0.2) is 8.42 Å². The SMILES string of the molecule is CC(C)(C)c1cccc(NC(=O)C2CCc3ccc(OC4=CCN(NS(C)(=O)=O)C=C4)cc3C2)c1. The van der Waals surface area contributed by atoms with Gasteiger partial charge in [0.15, 0.2) is 0 Å². The molecular formula is C27H33N3O4S. The summed E-state index contributed by atoms with van der Waals surface area (Å²) < 4.78 is 28.8. The van der Waals surface area contributed by atoms with Crippen LogP contribution in [-0.4, -0.2) is 32.1 Å². The Morgan fingerprint density at radius 2 is 1.91 bits per heavy atom. The minimum absolute atomic E-state index is 0.0202. The minimum atomic E-state index is -3.33. The van der Waals surface area contributed by atoms with E-state index in [-0.39, 0.29) is 17.2 Å². The number of nitrogens with one attached hydrogen (secondary N) is 2. The van der Waals surface area contributed by atoms with Crippen LogP contribution in [-0.2, 0) is 33.1 Å². The third-order valence-corrected chi connectivity index (χ3v) is 6.77. The van der Waals surface area contributed by atoms with E-state index >= 15 is 0 Å². The average Bonchev–Trinajstić information content (AvgIpc) is 2.78. The smallest absolute Gasteiger partial charge is 0.227 e. The van der Waals surface area contributed by atoms with Gasteiger partial charge in [-0.05, 0) is 77.8 Å². The molecule has 4 rings (SSSR count). The normalized spacial score (nSPS) is 18.0. The van der Waals surface area contributed by atoms with Crippen LogP contribution < -0.4 is 14.9 Å². The molecule has 1 atom stereocenters. The average molecular weight is 496 g/mol. The summed E-state index contributed by atoms with van der Waals surface area (Å²) in [5, 5.41) is 4.58. The summed E-state index contributed by atoms with van der Waals surface area (Å²) in [4.78, 5) is 15.5. The zero-order chi connectivity index (χ0) is 25.2. The minimum Gasteiger partial charge on any atom is -0.458 e. The molecule has 0 spiro atoms. The van der Waals surface area contributed by atoms with Gasteiger partial charge < -0.3 is 10.1 Å². The van der Waals surface area contributed by atoms with Crippen molar-refractivity contribution in [2.45, 2.75) is 45.4 Å². The lowest BCUT2D eigenvalue weighted by molar-refractivity contribution is -0.120. The number of carbonyl (C=O) groups excluding carboxylic acids is 1. The lowest BCUT2D eigenvalue weighted by atomic mass is 9.83. The van der Waals surface area contributed by atoms with E-state index in [1.807, 2.05) is 24.3 Å². The highest BCUT2D eigenvalue weighted by molar-refractivity contribution is 7.88. The molecule has 8 heteroatoms. The Morgan fingerprint density at radius 1 is 1.11 bits per heavy atom. The highest BCUT2D eigenvalue weighted by atomic mass is 32.2. The second-order valence-electron chi connectivity index (χ2n) is 10.2. The van der Waals surface area contributed by atoms with E-state index in [1.165, 1.54) is 16.1 Å². The van der Waals surface area contributed by atoms with Crippen LogP contribution in [0.3, 0.4) is 0 Å². The molecule has 1 heterocycles. The molecule has 1 unspecified atom stereocenters. The molecular weight excluding hydrogens is 462 g/mol. The van der Waals surface area contributed by atoms with E-state index < -0.39 is 10.0 Å². The van der Waals surface area contributed by atoms with Crippen LogP contribution in [0.2, 0.25) is 0 Å². The molecule has 0 fully saturated rings. The number of hydrogen-bond donors (Lipinski definition) is 2. The monoisotopic (exact) mass is 495 g/mol. The van der Waals surface area contributed by atoms with Crippen LogP contribution in [0.25, 0.3) is 0 Å². The largest absolute Gasteiger partial charge is 0.458 e. The number of benzene rings is 2. The molecule has 1 aliphatic heterocycles. The van der Waals surface area contributed by atoms with Gasteiger partial charge in [-0.3, -0.25) is 9.80 Å². The van der Waals surface area contributed by atoms with Crippen LogP contribution in [0.4, 0.5) is 5.69 Å². The number of aryl methyl sites for hydroxylation is 1. The summed E-state index contributed by atoms with van der Waals surface area (Å²) in [6, 6.07) is 14.1. The number of fused-ring (bicyclic) bond motifs is 1. The van der Waals surface area contributed by atoms with Gasteiger partial charge in [0.2, 0.25) is 15.9 Å². The fraction of sp³-hybridized carbons (Fsp3) is 0.370. The van der Waals surface area contributed by atoms with Crippen molar-refractivity contribution in [3.05, 3.63) is 83.3 Å². The second-order valence-corrected chi connectivity index (χ2v) is 12.0. The van der Waals surface area contributed by atoms with Gasteiger partial charge in [0.1, 0.15) is 11.5 Å². The Hall–Kier alpha value is -3.10. The van der Waals surface area contributed by atoms with Gasteiger partial charge in [-0.15, -0.1) is 4.83 Å². The highest BCUT2D eigenvalue weighted by Gasteiger charge is 2.26. The molecule has 1 aliphatic carbocycles. The molecule has 2 aliphatic rings. The number of amides is 1. The van der Waals surface area contributed by atoms with E-state index in [9.17, 15) is 13.2 Å². The van der Waals surface area contributed by atoms with Crippen molar-refractivity contribution in [3.8, 4) is 5.75 Å². The summed E-state index contributed by atoms with van der Waals surface area (Å²) in [5.74, 6) is 1.29. The van der Waals surface area contributed by atoms with Crippen LogP contribution in [0.1, 0.15) is 43.9 Å². The first-order valence-electron chi connectivity index (χ1n) is 11.8. The zero-order valence-corrected chi connectivity index (χ0v) is 21.5. The van der Waals surface area contributed by atoms with E-state index in [0.29, 0.717) is 24.5 Å². The number of ether oxygens (including phenoxy) is 1. The number of anilines is 1. The predicted octanol–water partition coefficient (Wildman–Crippen LogP) is 4.28. The fourth-order valence-corrected chi connectivity index (χ4v) is 4.86. The van der Waals surface area contributed by atoms with Crippen LogP contribution in [0.15, 0.2) is 66.6 Å². The maximum atomic E-state index is 13.1. The Kier molecular flexibility index (Phi) is 7.05. The topological polar surface area (TPSA) is 87.7 Å². The Bertz CT molecular complexity index is 1280. The lowest BCUT2D eigenvalue weighted by Crippen LogP contribution is -2.38. The summed E-state index contributed by atoms with van der Waals surface area (Å²) in [5.41, 5.74) is 4.41. The number of nitrogens with zero attached hydrogens (tertiary/aromatic N) is 1. The summed E-state index contributed by atoms with van der Waals surface area (Å²) in [6.45, 7) is 6.84. The molecule has 0 saturated heterocycles. The molecule has 1 amide bonds.